The van der Waals surface area contributed by atoms with E-state index >= 15 is 0 Å². The molecule has 1 atom stereocenters. The number of fused-ring (bicyclic) bond motifs is 1. The number of aromatic nitrogens is 2. The minimum Gasteiger partial charge on any atom is -0.497 e. The topological polar surface area (TPSA) is 60.0 Å². The van der Waals surface area contributed by atoms with Crippen LogP contribution in [0.5, 0.6) is 5.75 Å². The van der Waals surface area contributed by atoms with E-state index in [1.54, 1.807) is 37.7 Å². The standard InChI is InChI=1S/C29H36N4O3S/c1-3-33(29(22-7-5-4-6-8-22)27-21-35-16-17-36-27)23-11-13-32(14-12-23)15-18-37-28-20-30-25-10-9-24(34-2)19-26(25)31-28/h4-5,7,9-10,16-17,19-21,23,29H,3,6,8,11-15,18H2,1-2H3. The highest BCUT2D eigenvalue weighted by Gasteiger charge is 2.34. The van der Waals surface area contributed by atoms with Crippen molar-refractivity contribution in [2.45, 2.75) is 49.7 Å². The van der Waals surface area contributed by atoms with Crippen LogP contribution in [0.4, 0.5) is 0 Å². The average molecular weight is 521 g/mol. The summed E-state index contributed by atoms with van der Waals surface area (Å²) in [5, 5.41) is 0.961. The minimum atomic E-state index is 0.122. The summed E-state index contributed by atoms with van der Waals surface area (Å²) in [5.41, 5.74) is 3.17. The Kier molecular flexibility index (Phi) is 8.81. The Hall–Kier alpha value is -2.81. The quantitative estimate of drug-likeness (QED) is 0.380. The molecule has 1 aromatic heterocycles. The van der Waals surface area contributed by atoms with Crippen molar-refractivity contribution in [2.24, 2.45) is 0 Å². The van der Waals surface area contributed by atoms with Crippen LogP contribution in [0.25, 0.3) is 11.0 Å². The zero-order valence-electron chi connectivity index (χ0n) is 21.7. The van der Waals surface area contributed by atoms with E-state index in [0.29, 0.717) is 6.04 Å². The molecule has 0 spiro atoms. The van der Waals surface area contributed by atoms with E-state index < -0.39 is 0 Å². The fourth-order valence-corrected chi connectivity index (χ4v) is 6.23. The molecule has 0 radical (unpaired) electrons. The number of nitrogens with zero attached hydrogens (tertiary/aromatic N) is 4. The van der Waals surface area contributed by atoms with Crippen LogP contribution in [0.15, 0.2) is 77.8 Å². The smallest absolute Gasteiger partial charge is 0.160 e. The monoisotopic (exact) mass is 520 g/mol. The van der Waals surface area contributed by atoms with E-state index in [1.165, 1.54) is 5.57 Å². The Bertz CT molecular complexity index is 1190. The Labute approximate surface area is 223 Å². The van der Waals surface area contributed by atoms with Gasteiger partial charge in [0.15, 0.2) is 5.76 Å². The normalized spacial score (nSPS) is 19.3. The maximum atomic E-state index is 5.94. The zero-order chi connectivity index (χ0) is 25.5. The van der Waals surface area contributed by atoms with E-state index in [2.05, 4.69) is 39.9 Å². The van der Waals surface area contributed by atoms with Crippen LogP contribution in [0, 0.1) is 0 Å². The van der Waals surface area contributed by atoms with Gasteiger partial charge in [0.25, 0.3) is 0 Å². The first-order valence-electron chi connectivity index (χ1n) is 13.2. The van der Waals surface area contributed by atoms with Crippen molar-refractivity contribution < 1.29 is 14.2 Å². The van der Waals surface area contributed by atoms with Crippen molar-refractivity contribution in [3.63, 3.8) is 0 Å². The van der Waals surface area contributed by atoms with E-state index in [-0.39, 0.29) is 6.04 Å². The lowest BCUT2D eigenvalue weighted by molar-refractivity contribution is 0.0788. The molecule has 1 aromatic carbocycles. The van der Waals surface area contributed by atoms with Gasteiger partial charge >= 0.3 is 0 Å². The highest BCUT2D eigenvalue weighted by atomic mass is 32.2. The average Bonchev–Trinajstić information content (AvgIpc) is 2.97. The molecule has 5 rings (SSSR count). The molecule has 0 amide bonds. The largest absolute Gasteiger partial charge is 0.497 e. The fourth-order valence-electron chi connectivity index (χ4n) is 5.39. The number of hydrogen-bond donors (Lipinski definition) is 0. The van der Waals surface area contributed by atoms with Gasteiger partial charge in [-0.3, -0.25) is 9.88 Å². The Morgan fingerprint density at radius 1 is 1.22 bits per heavy atom. The number of allylic oxidation sites excluding steroid dienone is 3. The molecule has 0 bridgehead atoms. The minimum absolute atomic E-state index is 0.122. The Morgan fingerprint density at radius 2 is 2.11 bits per heavy atom. The van der Waals surface area contributed by atoms with Gasteiger partial charge in [-0.1, -0.05) is 25.2 Å². The first-order valence-corrected chi connectivity index (χ1v) is 14.2. The van der Waals surface area contributed by atoms with Crippen molar-refractivity contribution in [1.29, 1.82) is 0 Å². The summed E-state index contributed by atoms with van der Waals surface area (Å²) in [6.45, 7) is 6.49. The van der Waals surface area contributed by atoms with Crippen molar-refractivity contribution in [1.82, 2.24) is 19.8 Å². The van der Waals surface area contributed by atoms with Crippen LogP contribution in [0.1, 0.15) is 32.6 Å². The SMILES string of the molecule is CCN(C1CCN(CCSc2cnc3ccc(OC)cc3n2)CC1)C(C1=CC=CCC1)C1=COC=CO1. The molecular weight excluding hydrogens is 484 g/mol. The van der Waals surface area contributed by atoms with Gasteiger partial charge in [0.1, 0.15) is 29.6 Å². The number of piperidine rings is 1. The van der Waals surface area contributed by atoms with Crippen molar-refractivity contribution in [3.8, 4) is 5.75 Å². The third-order valence-corrected chi connectivity index (χ3v) is 8.18. The summed E-state index contributed by atoms with van der Waals surface area (Å²) in [4.78, 5) is 14.5. The molecule has 8 heteroatoms. The van der Waals surface area contributed by atoms with Gasteiger partial charge < -0.3 is 19.1 Å². The Morgan fingerprint density at radius 3 is 2.84 bits per heavy atom. The van der Waals surface area contributed by atoms with Gasteiger partial charge in [-0.25, -0.2) is 4.98 Å². The predicted molar refractivity (Wildman–Crippen MR) is 148 cm³/mol. The third kappa shape index (κ3) is 6.37. The summed E-state index contributed by atoms with van der Waals surface area (Å²) in [6, 6.07) is 6.45. The lowest BCUT2D eigenvalue weighted by Gasteiger charge is -2.43. The van der Waals surface area contributed by atoms with Crippen molar-refractivity contribution in [2.75, 3.05) is 39.0 Å². The van der Waals surface area contributed by atoms with E-state index in [1.807, 2.05) is 24.4 Å². The lowest BCUT2D eigenvalue weighted by Crippen LogP contribution is -2.50. The maximum Gasteiger partial charge on any atom is 0.160 e. The van der Waals surface area contributed by atoms with E-state index in [4.69, 9.17) is 19.2 Å². The molecule has 37 heavy (non-hydrogen) atoms. The maximum absolute atomic E-state index is 5.94. The van der Waals surface area contributed by atoms with Crippen LogP contribution in [0.2, 0.25) is 0 Å². The molecule has 2 aliphatic heterocycles. The van der Waals surface area contributed by atoms with Gasteiger partial charge in [-0.05, 0) is 63.0 Å². The number of benzene rings is 1. The second-order valence-electron chi connectivity index (χ2n) is 9.47. The molecule has 2 aromatic rings. The molecule has 1 saturated heterocycles. The molecule has 1 fully saturated rings. The van der Waals surface area contributed by atoms with Gasteiger partial charge in [-0.15, -0.1) is 11.8 Å². The number of methoxy groups -OCH3 is 1. The summed E-state index contributed by atoms with van der Waals surface area (Å²) >= 11 is 1.77. The van der Waals surface area contributed by atoms with Crippen molar-refractivity contribution >= 4 is 22.8 Å². The molecule has 0 N–H and O–H groups in total. The molecule has 0 saturated carbocycles. The second kappa shape index (κ2) is 12.6. The van der Waals surface area contributed by atoms with E-state index in [9.17, 15) is 0 Å². The van der Waals surface area contributed by atoms with Crippen LogP contribution in [-0.2, 0) is 9.47 Å². The van der Waals surface area contributed by atoms with Crippen LogP contribution < -0.4 is 4.74 Å². The first kappa shape index (κ1) is 25.8. The highest BCUT2D eigenvalue weighted by Crippen LogP contribution is 2.32. The van der Waals surface area contributed by atoms with Crippen LogP contribution in [-0.4, -0.2) is 70.9 Å². The zero-order valence-corrected chi connectivity index (χ0v) is 22.5. The number of thioether (sulfide) groups is 1. The van der Waals surface area contributed by atoms with Gasteiger partial charge in [0.05, 0.1) is 30.4 Å². The van der Waals surface area contributed by atoms with Crippen LogP contribution in [0.3, 0.4) is 0 Å². The van der Waals surface area contributed by atoms with Crippen LogP contribution >= 0.6 is 11.8 Å². The summed E-state index contributed by atoms with van der Waals surface area (Å²) in [5.74, 6) is 2.69. The number of likely N-dealkylation sites (tertiary alicyclic amines) is 1. The van der Waals surface area contributed by atoms with E-state index in [0.717, 1.165) is 85.2 Å². The third-order valence-electron chi connectivity index (χ3n) is 7.30. The molecule has 196 valence electrons. The van der Waals surface area contributed by atoms with Gasteiger partial charge in [0.2, 0.25) is 0 Å². The number of rotatable bonds is 10. The summed E-state index contributed by atoms with van der Waals surface area (Å²) < 4.78 is 16.8. The fraction of sp³-hybridized carbons (Fsp3) is 0.448. The number of hydrogen-bond acceptors (Lipinski definition) is 8. The van der Waals surface area contributed by atoms with Gasteiger partial charge in [0, 0.05) is 24.4 Å². The molecule has 1 aliphatic carbocycles. The van der Waals surface area contributed by atoms with Crippen molar-refractivity contribution in [3.05, 3.63) is 72.7 Å². The lowest BCUT2D eigenvalue weighted by atomic mass is 9.92. The molecule has 1 unspecified atom stereocenters. The molecule has 3 aliphatic rings. The predicted octanol–water partition coefficient (Wildman–Crippen LogP) is 5.52. The van der Waals surface area contributed by atoms with Gasteiger partial charge in [-0.2, -0.15) is 0 Å². The number of likely N-dealkylation sites (N-methyl/N-ethyl adjacent to an activating group) is 1. The Balaban J connectivity index is 1.16. The summed E-state index contributed by atoms with van der Waals surface area (Å²) in [7, 11) is 1.67. The number of ether oxygens (including phenoxy) is 3. The molecule has 7 nitrogen and oxygen atoms in total. The molecule has 3 heterocycles. The first-order chi connectivity index (χ1) is 18.2. The molecular formula is C29H36N4O3S. The highest BCUT2D eigenvalue weighted by molar-refractivity contribution is 7.99. The summed E-state index contributed by atoms with van der Waals surface area (Å²) in [6.07, 6.45) is 18.0. The second-order valence-corrected chi connectivity index (χ2v) is 10.6.